The van der Waals surface area contributed by atoms with Crippen molar-refractivity contribution in [3.8, 4) is 0 Å². The molecule has 3 nitrogen and oxygen atoms in total. The van der Waals surface area contributed by atoms with Crippen LogP contribution in [0.1, 0.15) is 19.8 Å². The number of esters is 1. The molecular formula is C10H16F3NO2. The molecule has 0 aromatic carbocycles. The summed E-state index contributed by atoms with van der Waals surface area (Å²) in [5.41, 5.74) is 0. The maximum Gasteiger partial charge on any atom is 0.393 e. The second-order valence-electron chi connectivity index (χ2n) is 3.92. The highest BCUT2D eigenvalue weighted by Crippen LogP contribution is 2.32. The zero-order valence-corrected chi connectivity index (χ0v) is 9.22. The van der Waals surface area contributed by atoms with Gasteiger partial charge < -0.3 is 4.74 Å². The zero-order chi connectivity index (χ0) is 12.2. The predicted octanol–water partition coefficient (Wildman–Crippen LogP) is 1.82. The van der Waals surface area contributed by atoms with Crippen molar-refractivity contribution >= 4 is 5.97 Å². The maximum absolute atomic E-state index is 12.5. The van der Waals surface area contributed by atoms with E-state index >= 15 is 0 Å². The second-order valence-corrected chi connectivity index (χ2v) is 3.92. The SMILES string of the molecule is CCOC(=O)CN1CCCC(C(F)(F)F)C1. The molecule has 1 saturated heterocycles. The number of nitrogens with zero attached hydrogens (tertiary/aromatic N) is 1. The van der Waals surface area contributed by atoms with Crippen molar-refractivity contribution in [1.82, 2.24) is 4.90 Å². The van der Waals surface area contributed by atoms with Crippen LogP contribution >= 0.6 is 0 Å². The molecule has 1 heterocycles. The van der Waals surface area contributed by atoms with Crippen molar-refractivity contribution in [2.24, 2.45) is 5.92 Å². The van der Waals surface area contributed by atoms with Crippen LogP contribution in [0.15, 0.2) is 0 Å². The van der Waals surface area contributed by atoms with Crippen molar-refractivity contribution < 1.29 is 22.7 Å². The Morgan fingerprint density at radius 1 is 1.50 bits per heavy atom. The fourth-order valence-corrected chi connectivity index (χ4v) is 1.86. The average molecular weight is 239 g/mol. The lowest BCUT2D eigenvalue weighted by Gasteiger charge is -2.32. The summed E-state index contributed by atoms with van der Waals surface area (Å²) in [5.74, 6) is -1.76. The van der Waals surface area contributed by atoms with E-state index in [1.54, 1.807) is 6.92 Å². The van der Waals surface area contributed by atoms with E-state index in [-0.39, 0.29) is 26.1 Å². The van der Waals surface area contributed by atoms with Gasteiger partial charge >= 0.3 is 12.1 Å². The number of hydrogen-bond donors (Lipinski definition) is 0. The van der Waals surface area contributed by atoms with Gasteiger partial charge in [-0.15, -0.1) is 0 Å². The Bertz CT molecular complexity index is 243. The van der Waals surface area contributed by atoms with Crippen LogP contribution in [0.2, 0.25) is 0 Å². The van der Waals surface area contributed by atoms with Gasteiger partial charge in [0, 0.05) is 6.54 Å². The molecule has 1 rings (SSSR count). The molecule has 1 aliphatic rings. The summed E-state index contributed by atoms with van der Waals surface area (Å²) in [5, 5.41) is 0. The molecule has 1 fully saturated rings. The van der Waals surface area contributed by atoms with E-state index in [2.05, 4.69) is 0 Å². The summed E-state index contributed by atoms with van der Waals surface area (Å²) in [7, 11) is 0. The van der Waals surface area contributed by atoms with Gasteiger partial charge in [0.25, 0.3) is 0 Å². The molecule has 1 unspecified atom stereocenters. The van der Waals surface area contributed by atoms with Gasteiger partial charge in [0.15, 0.2) is 0 Å². The third kappa shape index (κ3) is 4.00. The molecule has 6 heteroatoms. The molecule has 1 atom stereocenters. The molecule has 0 radical (unpaired) electrons. The van der Waals surface area contributed by atoms with Crippen molar-refractivity contribution in [2.45, 2.75) is 25.9 Å². The summed E-state index contributed by atoms with van der Waals surface area (Å²) in [6.07, 6.45) is -3.53. The zero-order valence-electron chi connectivity index (χ0n) is 9.22. The third-order valence-electron chi connectivity index (χ3n) is 2.63. The van der Waals surface area contributed by atoms with Crippen LogP contribution in [0.25, 0.3) is 0 Å². The third-order valence-corrected chi connectivity index (χ3v) is 2.63. The van der Waals surface area contributed by atoms with E-state index in [1.807, 2.05) is 0 Å². The summed E-state index contributed by atoms with van der Waals surface area (Å²) in [4.78, 5) is 12.6. The topological polar surface area (TPSA) is 29.5 Å². The number of hydrogen-bond acceptors (Lipinski definition) is 3. The van der Waals surface area contributed by atoms with Crippen molar-refractivity contribution in [3.05, 3.63) is 0 Å². The first kappa shape index (κ1) is 13.3. The van der Waals surface area contributed by atoms with Crippen LogP contribution in [-0.2, 0) is 9.53 Å². The monoisotopic (exact) mass is 239 g/mol. The summed E-state index contributed by atoms with van der Waals surface area (Å²) < 4.78 is 42.1. The summed E-state index contributed by atoms with van der Waals surface area (Å²) in [6.45, 7) is 2.33. The maximum atomic E-state index is 12.5. The van der Waals surface area contributed by atoms with Gasteiger partial charge in [0.2, 0.25) is 0 Å². The van der Waals surface area contributed by atoms with Gasteiger partial charge in [-0.25, -0.2) is 0 Å². The molecule has 0 amide bonds. The van der Waals surface area contributed by atoms with Crippen LogP contribution in [0.5, 0.6) is 0 Å². The number of ether oxygens (including phenoxy) is 1. The van der Waals surface area contributed by atoms with Crippen molar-refractivity contribution in [1.29, 1.82) is 0 Å². The number of carbonyl (C=O) groups excluding carboxylic acids is 1. The lowest BCUT2D eigenvalue weighted by molar-refractivity contribution is -0.188. The number of alkyl halides is 3. The Balaban J connectivity index is 2.42. The van der Waals surface area contributed by atoms with Crippen LogP contribution in [0.3, 0.4) is 0 Å². The first-order valence-electron chi connectivity index (χ1n) is 5.38. The highest BCUT2D eigenvalue weighted by atomic mass is 19.4. The summed E-state index contributed by atoms with van der Waals surface area (Å²) >= 11 is 0. The molecule has 16 heavy (non-hydrogen) atoms. The predicted molar refractivity (Wildman–Crippen MR) is 51.9 cm³/mol. The number of carbonyl (C=O) groups is 1. The lowest BCUT2D eigenvalue weighted by atomic mass is 9.97. The molecule has 0 spiro atoms. The standard InChI is InChI=1S/C10H16F3NO2/c1-2-16-9(15)7-14-5-3-4-8(6-14)10(11,12)13/h8H,2-7H2,1H3. The van der Waals surface area contributed by atoms with E-state index in [0.29, 0.717) is 13.0 Å². The Morgan fingerprint density at radius 2 is 2.19 bits per heavy atom. The number of rotatable bonds is 3. The lowest BCUT2D eigenvalue weighted by Crippen LogP contribution is -2.44. The average Bonchev–Trinajstić information content (AvgIpc) is 2.17. The molecular weight excluding hydrogens is 223 g/mol. The highest BCUT2D eigenvalue weighted by Gasteiger charge is 2.41. The first-order chi connectivity index (χ1) is 7.43. The smallest absolute Gasteiger partial charge is 0.393 e. The number of halogens is 3. The molecule has 0 aromatic heterocycles. The van der Waals surface area contributed by atoms with Crippen LogP contribution in [0.4, 0.5) is 13.2 Å². The minimum atomic E-state index is -4.16. The molecule has 1 aliphatic heterocycles. The minimum Gasteiger partial charge on any atom is -0.465 e. The fraction of sp³-hybridized carbons (Fsp3) is 0.900. The second kappa shape index (κ2) is 5.52. The molecule has 0 aliphatic carbocycles. The van der Waals surface area contributed by atoms with Crippen molar-refractivity contribution in [2.75, 3.05) is 26.2 Å². The summed E-state index contributed by atoms with van der Waals surface area (Å²) in [6, 6.07) is 0. The normalized spacial score (nSPS) is 23.1. The van der Waals surface area contributed by atoms with Gasteiger partial charge in [-0.2, -0.15) is 13.2 Å². The number of likely N-dealkylation sites (tertiary alicyclic amines) is 1. The van der Waals surface area contributed by atoms with Gasteiger partial charge in [-0.05, 0) is 26.3 Å². The molecule has 0 bridgehead atoms. The van der Waals surface area contributed by atoms with Crippen LogP contribution in [-0.4, -0.2) is 43.3 Å². The Hall–Kier alpha value is -0.780. The van der Waals surface area contributed by atoms with E-state index in [4.69, 9.17) is 4.74 Å². The highest BCUT2D eigenvalue weighted by molar-refractivity contribution is 5.71. The Kier molecular flexibility index (Phi) is 4.58. The van der Waals surface area contributed by atoms with Gasteiger partial charge in [-0.1, -0.05) is 0 Å². The molecule has 0 saturated carbocycles. The Labute approximate surface area is 92.5 Å². The molecule has 94 valence electrons. The first-order valence-corrected chi connectivity index (χ1v) is 5.38. The van der Waals surface area contributed by atoms with Gasteiger partial charge in [0.1, 0.15) is 0 Å². The number of piperidine rings is 1. The van der Waals surface area contributed by atoms with Crippen LogP contribution < -0.4 is 0 Å². The fourth-order valence-electron chi connectivity index (χ4n) is 1.86. The Morgan fingerprint density at radius 3 is 2.75 bits per heavy atom. The largest absolute Gasteiger partial charge is 0.465 e. The molecule has 0 N–H and O–H groups in total. The van der Waals surface area contributed by atoms with E-state index < -0.39 is 18.1 Å². The van der Waals surface area contributed by atoms with E-state index in [1.165, 1.54) is 4.90 Å². The van der Waals surface area contributed by atoms with E-state index in [0.717, 1.165) is 0 Å². The van der Waals surface area contributed by atoms with Crippen molar-refractivity contribution in [3.63, 3.8) is 0 Å². The quantitative estimate of drug-likeness (QED) is 0.704. The molecule has 0 aromatic rings. The van der Waals surface area contributed by atoms with Gasteiger partial charge in [0.05, 0.1) is 19.1 Å². The minimum absolute atomic E-state index is 0.0413. The van der Waals surface area contributed by atoms with E-state index in [9.17, 15) is 18.0 Å². The van der Waals surface area contributed by atoms with Gasteiger partial charge in [-0.3, -0.25) is 9.69 Å². The van der Waals surface area contributed by atoms with Crippen LogP contribution in [0, 0.1) is 5.92 Å².